The van der Waals surface area contributed by atoms with Crippen molar-refractivity contribution in [3.63, 3.8) is 0 Å². The highest BCUT2D eigenvalue weighted by molar-refractivity contribution is 7.90. The maximum atomic E-state index is 11.3. The van der Waals surface area contributed by atoms with Crippen LogP contribution in [0, 0.1) is 11.8 Å². The highest BCUT2D eigenvalue weighted by Gasteiger charge is 2.52. The van der Waals surface area contributed by atoms with Crippen molar-refractivity contribution >= 4 is 15.8 Å². The zero-order valence-electron chi connectivity index (χ0n) is 16.0. The molecule has 26 heavy (non-hydrogen) atoms. The van der Waals surface area contributed by atoms with Gasteiger partial charge >= 0.3 is 0 Å². The van der Waals surface area contributed by atoms with E-state index in [1.807, 2.05) is 13.8 Å². The largest absolute Gasteiger partial charge is 0.357 e. The molecule has 5 nitrogen and oxygen atoms in total. The van der Waals surface area contributed by atoms with Gasteiger partial charge in [-0.2, -0.15) is 0 Å². The highest BCUT2D eigenvalue weighted by atomic mass is 32.2. The first-order valence-corrected chi connectivity index (χ1v) is 11.8. The van der Waals surface area contributed by atoms with Gasteiger partial charge in [0.1, 0.15) is 9.84 Å². The molecular weight excluding hydrogens is 346 g/mol. The Morgan fingerprint density at radius 1 is 1.35 bits per heavy atom. The van der Waals surface area contributed by atoms with Crippen LogP contribution in [0.15, 0.2) is 29.3 Å². The van der Waals surface area contributed by atoms with Crippen LogP contribution in [0.4, 0.5) is 0 Å². The van der Waals surface area contributed by atoms with Crippen LogP contribution in [0.3, 0.4) is 0 Å². The minimum Gasteiger partial charge on any atom is -0.357 e. The van der Waals surface area contributed by atoms with Gasteiger partial charge < -0.3 is 10.6 Å². The molecule has 1 fully saturated rings. The molecule has 6 heteroatoms. The quantitative estimate of drug-likeness (QED) is 0.565. The predicted octanol–water partition coefficient (Wildman–Crippen LogP) is 2.34. The van der Waals surface area contributed by atoms with Crippen molar-refractivity contribution in [2.24, 2.45) is 16.8 Å². The first-order chi connectivity index (χ1) is 12.4. The molecule has 1 saturated carbocycles. The molecule has 1 aromatic carbocycles. The lowest BCUT2D eigenvalue weighted by molar-refractivity contribution is 0.580. The van der Waals surface area contributed by atoms with E-state index in [0.29, 0.717) is 18.3 Å². The number of guanidine groups is 1. The molecular formula is C20H31N3O2S. The number of nitrogens with one attached hydrogen (secondary N) is 2. The van der Waals surface area contributed by atoms with E-state index in [9.17, 15) is 8.42 Å². The third-order valence-corrected chi connectivity index (χ3v) is 6.58. The van der Waals surface area contributed by atoms with E-state index in [4.69, 9.17) is 4.99 Å². The van der Waals surface area contributed by atoms with Gasteiger partial charge in [0.2, 0.25) is 0 Å². The molecule has 3 rings (SSSR count). The molecule has 0 amide bonds. The summed E-state index contributed by atoms with van der Waals surface area (Å²) in [6.07, 6.45) is 4.34. The summed E-state index contributed by atoms with van der Waals surface area (Å²) in [7, 11) is -2.93. The molecule has 2 aliphatic carbocycles. The molecule has 0 spiro atoms. The minimum absolute atomic E-state index is 0.0738. The number of fused-ring (bicyclic) bond motifs is 3. The van der Waals surface area contributed by atoms with Crippen molar-refractivity contribution in [2.45, 2.75) is 45.1 Å². The Balaban J connectivity index is 1.57. The summed E-state index contributed by atoms with van der Waals surface area (Å²) < 4.78 is 22.7. The van der Waals surface area contributed by atoms with Gasteiger partial charge in [-0.3, -0.25) is 4.99 Å². The van der Waals surface area contributed by atoms with Crippen molar-refractivity contribution in [2.75, 3.05) is 25.1 Å². The lowest BCUT2D eigenvalue weighted by Gasteiger charge is -2.17. The van der Waals surface area contributed by atoms with Crippen molar-refractivity contribution < 1.29 is 8.42 Å². The van der Waals surface area contributed by atoms with Crippen molar-refractivity contribution in [3.8, 4) is 0 Å². The molecule has 4 atom stereocenters. The standard InChI is InChI=1S/C20H31N3O2S/c1-4-21-20(23-14(2)11-12-26(3,24)25)22-13-18-17-10-9-15-7-5-6-8-16(15)19(17)18/h5-8,14,17-19H,4,9-13H2,1-3H3,(H2,21,22,23). The minimum atomic E-state index is -2.93. The monoisotopic (exact) mass is 377 g/mol. The average Bonchev–Trinajstić information content (AvgIpc) is 3.31. The van der Waals surface area contributed by atoms with E-state index >= 15 is 0 Å². The van der Waals surface area contributed by atoms with Crippen LogP contribution in [-0.4, -0.2) is 45.5 Å². The van der Waals surface area contributed by atoms with Gasteiger partial charge in [-0.1, -0.05) is 24.3 Å². The lowest BCUT2D eigenvalue weighted by Crippen LogP contribution is -2.43. The van der Waals surface area contributed by atoms with Crippen LogP contribution in [0.2, 0.25) is 0 Å². The SMILES string of the molecule is CCNC(=NCC1C2CCc3ccccc3C21)NC(C)CCS(C)(=O)=O. The molecule has 2 aliphatic rings. The fraction of sp³-hybridized carbons (Fsp3) is 0.650. The summed E-state index contributed by atoms with van der Waals surface area (Å²) in [6.45, 7) is 5.68. The lowest BCUT2D eigenvalue weighted by atomic mass is 9.92. The zero-order chi connectivity index (χ0) is 18.7. The average molecular weight is 378 g/mol. The molecule has 2 N–H and O–H groups in total. The molecule has 0 aromatic heterocycles. The van der Waals surface area contributed by atoms with Gasteiger partial charge in [0.25, 0.3) is 0 Å². The Bertz CT molecular complexity index is 760. The van der Waals surface area contributed by atoms with Crippen molar-refractivity contribution in [3.05, 3.63) is 35.4 Å². The predicted molar refractivity (Wildman–Crippen MR) is 107 cm³/mol. The molecule has 0 saturated heterocycles. The summed E-state index contributed by atoms with van der Waals surface area (Å²) in [5.41, 5.74) is 3.04. The normalized spacial score (nSPS) is 25.8. The first-order valence-electron chi connectivity index (χ1n) is 9.69. The number of rotatable bonds is 7. The molecule has 0 heterocycles. The van der Waals surface area contributed by atoms with Crippen LogP contribution in [0.25, 0.3) is 0 Å². The number of aryl methyl sites for hydroxylation is 1. The van der Waals surface area contributed by atoms with Crippen molar-refractivity contribution in [1.82, 2.24) is 10.6 Å². The van der Waals surface area contributed by atoms with Gasteiger partial charge in [0.05, 0.1) is 5.75 Å². The summed E-state index contributed by atoms with van der Waals surface area (Å²) in [5.74, 6) is 3.09. The van der Waals surface area contributed by atoms with Gasteiger partial charge in [-0.15, -0.1) is 0 Å². The molecule has 144 valence electrons. The van der Waals surface area contributed by atoms with E-state index in [1.165, 1.54) is 30.2 Å². The Labute approximate surface area is 157 Å². The summed E-state index contributed by atoms with van der Waals surface area (Å²) in [4.78, 5) is 4.80. The molecule has 1 aromatic rings. The first kappa shape index (κ1) is 19.2. The molecule has 0 radical (unpaired) electrons. The Kier molecular flexibility index (Phi) is 5.90. The Hall–Kier alpha value is -1.56. The fourth-order valence-electron chi connectivity index (χ4n) is 4.17. The smallest absolute Gasteiger partial charge is 0.191 e. The van der Waals surface area contributed by atoms with E-state index in [0.717, 1.165) is 25.0 Å². The van der Waals surface area contributed by atoms with Gasteiger partial charge in [-0.25, -0.2) is 8.42 Å². The third-order valence-electron chi connectivity index (χ3n) is 5.60. The summed E-state index contributed by atoms with van der Waals surface area (Å²) in [5, 5.41) is 6.63. The second kappa shape index (κ2) is 7.99. The van der Waals surface area contributed by atoms with Crippen LogP contribution in [-0.2, 0) is 16.3 Å². The number of aliphatic imine (C=N–C) groups is 1. The maximum Gasteiger partial charge on any atom is 0.191 e. The topological polar surface area (TPSA) is 70.6 Å². The van der Waals surface area contributed by atoms with Crippen LogP contribution >= 0.6 is 0 Å². The molecule has 0 aliphatic heterocycles. The number of hydrogen-bond donors (Lipinski definition) is 2. The Morgan fingerprint density at radius 3 is 2.85 bits per heavy atom. The van der Waals surface area contributed by atoms with Crippen LogP contribution < -0.4 is 10.6 Å². The fourth-order valence-corrected chi connectivity index (χ4v) is 4.95. The number of nitrogens with zero attached hydrogens (tertiary/aromatic N) is 1. The van der Waals surface area contributed by atoms with E-state index < -0.39 is 9.84 Å². The second-order valence-electron chi connectivity index (χ2n) is 7.77. The van der Waals surface area contributed by atoms with E-state index in [2.05, 4.69) is 34.9 Å². The number of hydrogen-bond acceptors (Lipinski definition) is 3. The number of sulfone groups is 1. The maximum absolute atomic E-state index is 11.3. The van der Waals surface area contributed by atoms with Crippen molar-refractivity contribution in [1.29, 1.82) is 0 Å². The third kappa shape index (κ3) is 4.78. The van der Waals surface area contributed by atoms with Gasteiger partial charge in [-0.05, 0) is 62.0 Å². The highest BCUT2D eigenvalue weighted by Crippen LogP contribution is 2.59. The second-order valence-corrected chi connectivity index (χ2v) is 10.0. The summed E-state index contributed by atoms with van der Waals surface area (Å²) in [6, 6.07) is 8.91. The van der Waals surface area contributed by atoms with Gasteiger partial charge in [0, 0.05) is 25.4 Å². The Morgan fingerprint density at radius 2 is 2.12 bits per heavy atom. The molecule has 4 unspecified atom stereocenters. The molecule has 0 bridgehead atoms. The van der Waals surface area contributed by atoms with Crippen LogP contribution in [0.5, 0.6) is 0 Å². The van der Waals surface area contributed by atoms with Gasteiger partial charge in [0.15, 0.2) is 5.96 Å². The van der Waals surface area contributed by atoms with Crippen LogP contribution in [0.1, 0.15) is 43.7 Å². The zero-order valence-corrected chi connectivity index (χ0v) is 16.8. The van der Waals surface area contributed by atoms with E-state index in [-0.39, 0.29) is 11.8 Å². The summed E-state index contributed by atoms with van der Waals surface area (Å²) >= 11 is 0. The van der Waals surface area contributed by atoms with E-state index in [1.54, 1.807) is 0 Å². The number of benzene rings is 1.